The van der Waals surface area contributed by atoms with E-state index in [4.69, 9.17) is 0 Å². The molecule has 0 spiro atoms. The molecule has 0 unspecified atom stereocenters. The Labute approximate surface area is 191 Å². The number of aryl methyl sites for hydroxylation is 2. The molecule has 1 N–H and O–H groups in total. The van der Waals surface area contributed by atoms with Crippen LogP contribution in [-0.2, 0) is 19.4 Å². The minimum absolute atomic E-state index is 0.0210. The second-order valence-electron chi connectivity index (χ2n) is 8.21. The summed E-state index contributed by atoms with van der Waals surface area (Å²) in [6.07, 6.45) is 4.02. The number of nitrogens with one attached hydrogen (secondary N) is 1. The van der Waals surface area contributed by atoms with Crippen LogP contribution in [0.15, 0.2) is 34.7 Å². The van der Waals surface area contributed by atoms with Crippen LogP contribution in [0.3, 0.4) is 0 Å². The topological polar surface area (TPSA) is 59.8 Å². The first-order chi connectivity index (χ1) is 15.4. The Balaban J connectivity index is 1.38. The lowest BCUT2D eigenvalue weighted by Crippen LogP contribution is -2.34. The average Bonchev–Trinajstić information content (AvgIpc) is 3.34. The van der Waals surface area contributed by atoms with E-state index in [0.29, 0.717) is 12.1 Å². The minimum Gasteiger partial charge on any atom is -0.310 e. The van der Waals surface area contributed by atoms with E-state index in [0.717, 1.165) is 56.7 Å². The van der Waals surface area contributed by atoms with Crippen molar-refractivity contribution in [2.75, 3.05) is 0 Å². The third-order valence-electron chi connectivity index (χ3n) is 5.99. The van der Waals surface area contributed by atoms with E-state index >= 15 is 0 Å². The molecule has 0 fully saturated rings. The van der Waals surface area contributed by atoms with E-state index in [1.807, 2.05) is 19.2 Å². The van der Waals surface area contributed by atoms with Gasteiger partial charge in [0.05, 0.1) is 28.5 Å². The predicted octanol–water partition coefficient (Wildman–Crippen LogP) is 4.76. The average molecular weight is 473 g/mol. The van der Waals surface area contributed by atoms with Crippen LogP contribution in [0.25, 0.3) is 10.2 Å². The van der Waals surface area contributed by atoms with Crippen LogP contribution < -0.4 is 10.9 Å². The SMILES string of the molecule is Cc1nc([C@H](C)n2cnc3sc4c(c3c2=O)CC[C@H](NCc2cc(F)cc(F)c2)C4)cs1. The van der Waals surface area contributed by atoms with Gasteiger partial charge >= 0.3 is 0 Å². The van der Waals surface area contributed by atoms with Gasteiger partial charge in [0.2, 0.25) is 0 Å². The molecule has 3 heterocycles. The Hall–Kier alpha value is -2.49. The molecule has 0 saturated carbocycles. The number of rotatable bonds is 5. The van der Waals surface area contributed by atoms with E-state index in [-0.39, 0.29) is 17.6 Å². The number of halogens is 2. The van der Waals surface area contributed by atoms with Gasteiger partial charge in [0.15, 0.2) is 0 Å². The minimum atomic E-state index is -0.568. The first-order valence-electron chi connectivity index (χ1n) is 10.5. The first-order valence-corrected chi connectivity index (χ1v) is 12.2. The van der Waals surface area contributed by atoms with Gasteiger partial charge in [-0.3, -0.25) is 9.36 Å². The molecule has 1 aliphatic rings. The van der Waals surface area contributed by atoms with E-state index in [1.165, 1.54) is 12.1 Å². The molecule has 0 amide bonds. The molecule has 3 aromatic heterocycles. The van der Waals surface area contributed by atoms with Gasteiger partial charge in [0.25, 0.3) is 5.56 Å². The Morgan fingerprint density at radius 2 is 2.06 bits per heavy atom. The molecule has 5 rings (SSSR count). The predicted molar refractivity (Wildman–Crippen MR) is 124 cm³/mol. The largest absolute Gasteiger partial charge is 0.310 e. The highest BCUT2D eigenvalue weighted by Crippen LogP contribution is 2.34. The summed E-state index contributed by atoms with van der Waals surface area (Å²) in [6, 6.07) is 3.58. The number of benzene rings is 1. The number of thiophene rings is 1. The van der Waals surface area contributed by atoms with E-state index in [2.05, 4.69) is 15.3 Å². The van der Waals surface area contributed by atoms with Crippen LogP contribution in [-0.4, -0.2) is 20.6 Å². The van der Waals surface area contributed by atoms with Crippen LogP contribution in [0.2, 0.25) is 0 Å². The fourth-order valence-electron chi connectivity index (χ4n) is 4.32. The lowest BCUT2D eigenvalue weighted by molar-refractivity contribution is 0.460. The summed E-state index contributed by atoms with van der Waals surface area (Å²) >= 11 is 3.14. The fraction of sp³-hybridized carbons (Fsp3) is 0.348. The first kappa shape index (κ1) is 21.4. The van der Waals surface area contributed by atoms with E-state index in [1.54, 1.807) is 33.6 Å². The molecule has 0 bridgehead atoms. The van der Waals surface area contributed by atoms with Crippen molar-refractivity contribution in [2.24, 2.45) is 0 Å². The zero-order valence-electron chi connectivity index (χ0n) is 17.7. The molecule has 32 heavy (non-hydrogen) atoms. The highest BCUT2D eigenvalue weighted by Gasteiger charge is 2.26. The van der Waals surface area contributed by atoms with Crippen molar-refractivity contribution in [3.8, 4) is 0 Å². The second kappa shape index (κ2) is 8.46. The van der Waals surface area contributed by atoms with Gasteiger partial charge in [-0.1, -0.05) is 0 Å². The van der Waals surface area contributed by atoms with Crippen LogP contribution in [0.1, 0.15) is 46.1 Å². The third kappa shape index (κ3) is 4.00. The maximum absolute atomic E-state index is 13.4. The Kier molecular flexibility index (Phi) is 5.65. The molecule has 0 aliphatic heterocycles. The Bertz CT molecular complexity index is 1340. The van der Waals surface area contributed by atoms with Crippen molar-refractivity contribution in [1.82, 2.24) is 19.9 Å². The standard InChI is InChI=1S/C23H22F2N4OS2/c1-12(19-10-31-13(2)28-19)29-11-27-22-21(23(29)30)18-4-3-17(8-20(18)32-22)26-9-14-5-15(24)7-16(25)6-14/h5-7,10-12,17,26H,3-4,8-9H2,1-2H3/t12-,17-/m0/s1. The van der Waals surface area contributed by atoms with Gasteiger partial charge in [-0.25, -0.2) is 18.7 Å². The van der Waals surface area contributed by atoms with Gasteiger partial charge in [0.1, 0.15) is 16.5 Å². The molecular formula is C23H22F2N4OS2. The van der Waals surface area contributed by atoms with Gasteiger partial charge < -0.3 is 5.32 Å². The van der Waals surface area contributed by atoms with Crippen molar-refractivity contribution in [3.05, 3.63) is 78.6 Å². The highest BCUT2D eigenvalue weighted by molar-refractivity contribution is 7.18. The van der Waals surface area contributed by atoms with Crippen LogP contribution in [0.5, 0.6) is 0 Å². The van der Waals surface area contributed by atoms with Gasteiger partial charge in [-0.15, -0.1) is 22.7 Å². The highest BCUT2D eigenvalue weighted by atomic mass is 32.1. The molecule has 9 heteroatoms. The summed E-state index contributed by atoms with van der Waals surface area (Å²) in [5.41, 5.74) is 2.53. The number of fused-ring (bicyclic) bond motifs is 3. The summed E-state index contributed by atoms with van der Waals surface area (Å²) in [5, 5.41) is 7.09. The number of aromatic nitrogens is 3. The maximum Gasteiger partial charge on any atom is 0.262 e. The van der Waals surface area contributed by atoms with Crippen molar-refractivity contribution in [3.63, 3.8) is 0 Å². The van der Waals surface area contributed by atoms with Gasteiger partial charge in [0, 0.05) is 28.9 Å². The normalized spacial score (nSPS) is 16.9. The van der Waals surface area contributed by atoms with Crippen molar-refractivity contribution >= 4 is 32.9 Å². The smallest absolute Gasteiger partial charge is 0.262 e. The second-order valence-corrected chi connectivity index (χ2v) is 10.4. The Morgan fingerprint density at radius 1 is 1.28 bits per heavy atom. The molecule has 1 aliphatic carbocycles. The van der Waals surface area contributed by atoms with Crippen LogP contribution in [0, 0.1) is 18.6 Å². The third-order valence-corrected chi connectivity index (χ3v) is 7.95. The van der Waals surface area contributed by atoms with Gasteiger partial charge in [-0.05, 0) is 56.4 Å². The van der Waals surface area contributed by atoms with Crippen LogP contribution >= 0.6 is 22.7 Å². The summed E-state index contributed by atoms with van der Waals surface area (Å²) in [4.78, 5) is 24.4. The maximum atomic E-state index is 13.4. The number of nitrogens with zero attached hydrogens (tertiary/aromatic N) is 3. The Morgan fingerprint density at radius 3 is 2.78 bits per heavy atom. The molecule has 166 valence electrons. The molecule has 0 saturated heterocycles. The monoisotopic (exact) mass is 472 g/mol. The molecule has 0 radical (unpaired) electrons. The zero-order valence-corrected chi connectivity index (χ0v) is 19.3. The molecule has 5 nitrogen and oxygen atoms in total. The summed E-state index contributed by atoms with van der Waals surface area (Å²) in [6.45, 7) is 4.32. The van der Waals surface area contributed by atoms with E-state index in [9.17, 15) is 13.6 Å². The lowest BCUT2D eigenvalue weighted by atomic mass is 9.93. The summed E-state index contributed by atoms with van der Waals surface area (Å²) in [5.74, 6) is -1.14. The lowest BCUT2D eigenvalue weighted by Gasteiger charge is -2.23. The molecule has 4 aromatic rings. The van der Waals surface area contributed by atoms with Gasteiger partial charge in [-0.2, -0.15) is 0 Å². The fourth-order valence-corrected chi connectivity index (χ4v) is 6.28. The number of hydrogen-bond acceptors (Lipinski definition) is 6. The molecule has 2 atom stereocenters. The number of hydrogen-bond donors (Lipinski definition) is 1. The van der Waals surface area contributed by atoms with Crippen LogP contribution in [0.4, 0.5) is 8.78 Å². The summed E-state index contributed by atoms with van der Waals surface area (Å²) < 4.78 is 28.5. The van der Waals surface area contributed by atoms with Crippen molar-refractivity contribution < 1.29 is 8.78 Å². The zero-order chi connectivity index (χ0) is 22.4. The van der Waals surface area contributed by atoms with Crippen molar-refractivity contribution in [1.29, 1.82) is 0 Å². The number of thiazole rings is 1. The quantitative estimate of drug-likeness (QED) is 0.455. The molecular weight excluding hydrogens is 450 g/mol. The van der Waals surface area contributed by atoms with Crippen molar-refractivity contribution in [2.45, 2.75) is 51.7 Å². The van der Waals surface area contributed by atoms with E-state index < -0.39 is 11.6 Å². The molecule has 1 aromatic carbocycles. The summed E-state index contributed by atoms with van der Waals surface area (Å²) in [7, 11) is 0.